The van der Waals surface area contributed by atoms with Gasteiger partial charge < -0.3 is 4.90 Å². The third kappa shape index (κ3) is 3.56. The van der Waals surface area contributed by atoms with E-state index in [1.165, 1.54) is 0 Å². The average Bonchev–Trinajstić information content (AvgIpc) is 2.47. The summed E-state index contributed by atoms with van der Waals surface area (Å²) in [6.45, 7) is 5.08. The van der Waals surface area contributed by atoms with E-state index in [1.807, 2.05) is 37.4 Å². The van der Waals surface area contributed by atoms with Crippen molar-refractivity contribution in [2.45, 2.75) is 38.3 Å². The number of nitrogens with zero attached hydrogens (tertiary/aromatic N) is 2. The van der Waals surface area contributed by atoms with Crippen molar-refractivity contribution in [3.8, 4) is 6.07 Å². The van der Waals surface area contributed by atoms with Crippen LogP contribution < -0.4 is 5.32 Å². The largest absolute Gasteiger partial charge is 0.300 e. The fourth-order valence-corrected chi connectivity index (χ4v) is 2.61. The molecule has 0 aliphatic rings. The van der Waals surface area contributed by atoms with Crippen LogP contribution in [0.3, 0.4) is 0 Å². The Balaban J connectivity index is 2.99. The van der Waals surface area contributed by atoms with Crippen LogP contribution in [0.2, 0.25) is 0 Å². The molecule has 0 aliphatic carbocycles. The molecule has 0 aromatic heterocycles. The molecule has 1 unspecified atom stereocenters. The number of nitrogens with one attached hydrogen (secondary N) is 1. The van der Waals surface area contributed by atoms with Gasteiger partial charge in [-0.15, -0.1) is 0 Å². The zero-order valence-electron chi connectivity index (χ0n) is 12.5. The number of hydrogen-bond donors (Lipinski definition) is 1. The van der Waals surface area contributed by atoms with E-state index < -0.39 is 5.54 Å². The van der Waals surface area contributed by atoms with Gasteiger partial charge in [0.1, 0.15) is 5.54 Å². The number of rotatable bonds is 7. The van der Waals surface area contributed by atoms with Crippen molar-refractivity contribution in [3.05, 3.63) is 35.9 Å². The summed E-state index contributed by atoms with van der Waals surface area (Å²) < 4.78 is 0. The van der Waals surface area contributed by atoms with E-state index in [9.17, 15) is 5.26 Å². The third-order valence-corrected chi connectivity index (χ3v) is 3.94. The topological polar surface area (TPSA) is 39.1 Å². The molecule has 1 rings (SSSR count). The van der Waals surface area contributed by atoms with Crippen LogP contribution in [0.4, 0.5) is 0 Å². The lowest BCUT2D eigenvalue weighted by molar-refractivity contribution is 0.185. The van der Waals surface area contributed by atoms with Gasteiger partial charge in [0.25, 0.3) is 0 Å². The molecule has 1 aromatic rings. The quantitative estimate of drug-likeness (QED) is 0.818. The zero-order chi connectivity index (χ0) is 14.3. The Morgan fingerprint density at radius 3 is 2.26 bits per heavy atom. The lowest BCUT2D eigenvalue weighted by atomic mass is 9.90. The standard InChI is InChI=1S/C16H25N3/c1-5-15(6-2)19(4)13-16(12-17,18-3)14-10-8-7-9-11-14/h7-11,15,18H,5-6,13H2,1-4H3. The van der Waals surface area contributed by atoms with Gasteiger partial charge in [0.05, 0.1) is 6.07 Å². The highest BCUT2D eigenvalue weighted by Crippen LogP contribution is 2.22. The molecule has 0 saturated heterocycles. The number of likely N-dealkylation sites (N-methyl/N-ethyl adjacent to an activating group) is 2. The maximum Gasteiger partial charge on any atom is 0.144 e. The second kappa shape index (κ2) is 7.28. The van der Waals surface area contributed by atoms with E-state index >= 15 is 0 Å². The Bertz CT molecular complexity index is 406. The molecule has 0 aliphatic heterocycles. The Labute approximate surface area is 117 Å². The molecule has 0 heterocycles. The van der Waals surface area contributed by atoms with Crippen molar-refractivity contribution < 1.29 is 0 Å². The summed E-state index contributed by atoms with van der Waals surface area (Å²) in [5.74, 6) is 0. The monoisotopic (exact) mass is 259 g/mol. The second-order valence-corrected chi connectivity index (χ2v) is 5.02. The predicted molar refractivity (Wildman–Crippen MR) is 79.8 cm³/mol. The van der Waals surface area contributed by atoms with Crippen molar-refractivity contribution >= 4 is 0 Å². The van der Waals surface area contributed by atoms with Crippen LogP contribution in [0.25, 0.3) is 0 Å². The first-order valence-electron chi connectivity index (χ1n) is 6.99. The number of benzene rings is 1. The Hall–Kier alpha value is -1.37. The summed E-state index contributed by atoms with van der Waals surface area (Å²) in [5, 5.41) is 12.9. The number of hydrogen-bond acceptors (Lipinski definition) is 3. The van der Waals surface area contributed by atoms with E-state index in [2.05, 4.69) is 37.2 Å². The molecule has 1 atom stereocenters. The van der Waals surface area contributed by atoms with Gasteiger partial charge in [-0.25, -0.2) is 0 Å². The first-order valence-corrected chi connectivity index (χ1v) is 6.99. The molecule has 0 spiro atoms. The summed E-state index contributed by atoms with van der Waals surface area (Å²) >= 11 is 0. The summed E-state index contributed by atoms with van der Waals surface area (Å²) in [6, 6.07) is 13.0. The minimum absolute atomic E-state index is 0.518. The molecule has 0 amide bonds. The van der Waals surface area contributed by atoms with E-state index in [0.29, 0.717) is 12.6 Å². The molecule has 0 radical (unpaired) electrons. The zero-order valence-corrected chi connectivity index (χ0v) is 12.5. The molecular weight excluding hydrogens is 234 g/mol. The van der Waals surface area contributed by atoms with Gasteiger partial charge in [-0.3, -0.25) is 5.32 Å². The Kier molecular flexibility index (Phi) is 6.01. The highest BCUT2D eigenvalue weighted by Gasteiger charge is 2.33. The normalized spacial score (nSPS) is 14.4. The Morgan fingerprint density at radius 1 is 1.26 bits per heavy atom. The van der Waals surface area contributed by atoms with E-state index in [4.69, 9.17) is 0 Å². The van der Waals surface area contributed by atoms with Crippen LogP contribution in [-0.2, 0) is 5.54 Å². The average molecular weight is 259 g/mol. The van der Waals surface area contributed by atoms with E-state index in [0.717, 1.165) is 18.4 Å². The van der Waals surface area contributed by atoms with Crippen LogP contribution in [0.15, 0.2) is 30.3 Å². The van der Waals surface area contributed by atoms with Crippen LogP contribution >= 0.6 is 0 Å². The van der Waals surface area contributed by atoms with Crippen LogP contribution in [-0.4, -0.2) is 31.6 Å². The minimum Gasteiger partial charge on any atom is -0.300 e. The lowest BCUT2D eigenvalue weighted by Crippen LogP contribution is -2.50. The number of nitriles is 1. The predicted octanol–water partition coefficient (Wildman–Crippen LogP) is 2.75. The minimum atomic E-state index is -0.640. The van der Waals surface area contributed by atoms with Gasteiger partial charge in [0.2, 0.25) is 0 Å². The van der Waals surface area contributed by atoms with E-state index in [1.54, 1.807) is 0 Å². The van der Waals surface area contributed by atoms with Crippen molar-refractivity contribution in [2.75, 3.05) is 20.6 Å². The molecule has 19 heavy (non-hydrogen) atoms. The van der Waals surface area contributed by atoms with Gasteiger partial charge >= 0.3 is 0 Å². The summed E-state index contributed by atoms with van der Waals surface area (Å²) in [4.78, 5) is 2.28. The summed E-state index contributed by atoms with van der Waals surface area (Å²) in [7, 11) is 3.96. The SMILES string of the molecule is CCC(CC)N(C)CC(C#N)(NC)c1ccccc1. The maximum absolute atomic E-state index is 9.67. The molecule has 104 valence electrons. The first-order chi connectivity index (χ1) is 9.13. The first kappa shape index (κ1) is 15.7. The van der Waals surface area contributed by atoms with Crippen LogP contribution in [0.1, 0.15) is 32.3 Å². The summed E-state index contributed by atoms with van der Waals surface area (Å²) in [6.07, 6.45) is 2.21. The maximum atomic E-state index is 9.67. The van der Waals surface area contributed by atoms with Gasteiger partial charge in [-0.1, -0.05) is 44.2 Å². The van der Waals surface area contributed by atoms with Crippen molar-refractivity contribution in [1.82, 2.24) is 10.2 Å². The van der Waals surface area contributed by atoms with Crippen molar-refractivity contribution in [2.24, 2.45) is 0 Å². The van der Waals surface area contributed by atoms with Crippen LogP contribution in [0.5, 0.6) is 0 Å². The molecule has 0 saturated carbocycles. The van der Waals surface area contributed by atoms with Crippen molar-refractivity contribution in [3.63, 3.8) is 0 Å². The lowest BCUT2D eigenvalue weighted by Gasteiger charge is -2.35. The molecule has 3 heteroatoms. The molecule has 1 N–H and O–H groups in total. The fourth-order valence-electron chi connectivity index (χ4n) is 2.61. The fraction of sp³-hybridized carbons (Fsp3) is 0.562. The van der Waals surface area contributed by atoms with Gasteiger partial charge in [-0.2, -0.15) is 5.26 Å². The van der Waals surface area contributed by atoms with Gasteiger partial charge in [-0.05, 0) is 32.5 Å². The highest BCUT2D eigenvalue weighted by molar-refractivity contribution is 5.31. The van der Waals surface area contributed by atoms with E-state index in [-0.39, 0.29) is 0 Å². The molecule has 0 bridgehead atoms. The highest BCUT2D eigenvalue weighted by atomic mass is 15.2. The summed E-state index contributed by atoms with van der Waals surface area (Å²) in [5.41, 5.74) is 0.385. The van der Waals surface area contributed by atoms with Gasteiger partial charge in [0, 0.05) is 12.6 Å². The molecule has 0 fully saturated rings. The Morgan fingerprint density at radius 2 is 1.84 bits per heavy atom. The molecule has 1 aromatic carbocycles. The van der Waals surface area contributed by atoms with Crippen LogP contribution in [0, 0.1) is 11.3 Å². The molecular formula is C16H25N3. The van der Waals surface area contributed by atoms with Crippen molar-refractivity contribution in [1.29, 1.82) is 5.26 Å². The second-order valence-electron chi connectivity index (χ2n) is 5.02. The third-order valence-electron chi connectivity index (χ3n) is 3.94. The molecule has 3 nitrogen and oxygen atoms in total. The smallest absolute Gasteiger partial charge is 0.144 e. The van der Waals surface area contributed by atoms with Gasteiger partial charge in [0.15, 0.2) is 0 Å².